The summed E-state index contributed by atoms with van der Waals surface area (Å²) in [5.41, 5.74) is 3.94. The SMILES string of the molecule is Cc1ccc(N2N=N[C@H]3C(=O)N(c4ccc5c(c4)CCC5)C(=O)[C@H]32)cc1F. The van der Waals surface area contributed by atoms with Gasteiger partial charge in [-0.2, -0.15) is 5.11 Å². The Morgan fingerprint density at radius 2 is 1.78 bits per heavy atom. The van der Waals surface area contributed by atoms with Crippen molar-refractivity contribution in [3.05, 3.63) is 58.9 Å². The molecule has 0 aromatic heterocycles. The molecule has 2 aromatic carbocycles. The number of hydrogen-bond donors (Lipinski definition) is 0. The van der Waals surface area contributed by atoms with Crippen LogP contribution in [0.2, 0.25) is 0 Å². The second-order valence-electron chi connectivity index (χ2n) is 7.19. The lowest BCUT2D eigenvalue weighted by Crippen LogP contribution is -2.40. The number of rotatable bonds is 2. The number of fused-ring (bicyclic) bond motifs is 2. The summed E-state index contributed by atoms with van der Waals surface area (Å²) in [6.45, 7) is 1.66. The second-order valence-corrected chi connectivity index (χ2v) is 7.19. The van der Waals surface area contributed by atoms with Gasteiger partial charge in [0.15, 0.2) is 12.1 Å². The molecule has 2 atom stereocenters. The maximum Gasteiger partial charge on any atom is 0.263 e. The van der Waals surface area contributed by atoms with Crippen molar-refractivity contribution in [2.45, 2.75) is 38.3 Å². The molecule has 1 saturated heterocycles. The fourth-order valence-electron chi connectivity index (χ4n) is 4.05. The van der Waals surface area contributed by atoms with Gasteiger partial charge >= 0.3 is 0 Å². The Kier molecular flexibility index (Phi) is 3.40. The van der Waals surface area contributed by atoms with Crippen LogP contribution in [0.15, 0.2) is 46.7 Å². The zero-order valence-electron chi connectivity index (χ0n) is 14.7. The first-order valence-corrected chi connectivity index (χ1v) is 9.00. The predicted molar refractivity (Wildman–Crippen MR) is 97.0 cm³/mol. The number of carbonyl (C=O) groups is 2. The fourth-order valence-corrected chi connectivity index (χ4v) is 4.05. The van der Waals surface area contributed by atoms with Crippen LogP contribution in [0.3, 0.4) is 0 Å². The molecule has 27 heavy (non-hydrogen) atoms. The molecule has 136 valence electrons. The molecule has 0 bridgehead atoms. The third-order valence-corrected chi connectivity index (χ3v) is 5.54. The van der Waals surface area contributed by atoms with Gasteiger partial charge in [-0.3, -0.25) is 9.59 Å². The highest BCUT2D eigenvalue weighted by molar-refractivity contribution is 6.26. The molecule has 6 nitrogen and oxygen atoms in total. The molecule has 2 amide bonds. The maximum atomic E-state index is 14.0. The lowest BCUT2D eigenvalue weighted by Gasteiger charge is -2.21. The quantitative estimate of drug-likeness (QED) is 0.769. The first-order valence-electron chi connectivity index (χ1n) is 9.00. The molecule has 3 aliphatic rings. The summed E-state index contributed by atoms with van der Waals surface area (Å²) >= 11 is 0. The van der Waals surface area contributed by atoms with Crippen LogP contribution in [-0.4, -0.2) is 23.9 Å². The Labute approximate surface area is 155 Å². The van der Waals surface area contributed by atoms with E-state index in [4.69, 9.17) is 0 Å². The van der Waals surface area contributed by atoms with E-state index < -0.39 is 17.9 Å². The van der Waals surface area contributed by atoms with Gasteiger partial charge in [0, 0.05) is 0 Å². The Morgan fingerprint density at radius 1 is 1.00 bits per heavy atom. The predicted octanol–water partition coefficient (Wildman–Crippen LogP) is 3.12. The highest BCUT2D eigenvalue weighted by atomic mass is 19.1. The molecule has 0 spiro atoms. The lowest BCUT2D eigenvalue weighted by molar-refractivity contribution is -0.121. The van der Waals surface area contributed by atoms with E-state index in [-0.39, 0.29) is 11.8 Å². The van der Waals surface area contributed by atoms with Crippen molar-refractivity contribution in [2.75, 3.05) is 9.91 Å². The number of hydrogen-bond acceptors (Lipinski definition) is 5. The molecule has 2 aliphatic heterocycles. The standard InChI is InChI=1S/C20H17FN4O2/c1-11-5-7-15(10-16(11)21)25-18-17(22-23-25)19(26)24(20(18)27)14-8-6-12-3-2-4-13(12)9-14/h5-10,17-18H,2-4H2,1H3/t17-,18+/m1/s1. The van der Waals surface area contributed by atoms with Gasteiger partial charge in [0.05, 0.1) is 11.4 Å². The third kappa shape index (κ3) is 2.31. The average molecular weight is 364 g/mol. The van der Waals surface area contributed by atoms with Crippen LogP contribution in [-0.2, 0) is 22.4 Å². The van der Waals surface area contributed by atoms with Gasteiger partial charge < -0.3 is 0 Å². The Morgan fingerprint density at radius 3 is 2.59 bits per heavy atom. The summed E-state index contributed by atoms with van der Waals surface area (Å²) in [5.74, 6) is -1.16. The summed E-state index contributed by atoms with van der Waals surface area (Å²) in [6, 6.07) is 8.57. The summed E-state index contributed by atoms with van der Waals surface area (Å²) in [5, 5.41) is 9.32. The zero-order valence-corrected chi connectivity index (χ0v) is 14.7. The van der Waals surface area contributed by atoms with E-state index in [1.54, 1.807) is 19.1 Å². The fraction of sp³-hybridized carbons (Fsp3) is 0.300. The molecule has 1 aliphatic carbocycles. The molecule has 2 heterocycles. The lowest BCUT2D eigenvalue weighted by atomic mass is 10.1. The van der Waals surface area contributed by atoms with Gasteiger partial charge in [-0.05, 0) is 67.1 Å². The molecular weight excluding hydrogens is 347 g/mol. The highest BCUT2D eigenvalue weighted by Gasteiger charge is 2.55. The van der Waals surface area contributed by atoms with Crippen LogP contribution in [0, 0.1) is 12.7 Å². The van der Waals surface area contributed by atoms with Gasteiger partial charge in [-0.25, -0.2) is 14.3 Å². The zero-order chi connectivity index (χ0) is 18.7. The van der Waals surface area contributed by atoms with Crippen LogP contribution in [0.1, 0.15) is 23.1 Å². The van der Waals surface area contributed by atoms with E-state index in [2.05, 4.69) is 10.3 Å². The molecule has 0 N–H and O–H groups in total. The van der Waals surface area contributed by atoms with E-state index in [0.717, 1.165) is 19.3 Å². The Hall–Kier alpha value is -3.09. The molecular formula is C20H17FN4O2. The van der Waals surface area contributed by atoms with Gasteiger partial charge in [0.25, 0.3) is 11.8 Å². The van der Waals surface area contributed by atoms with Gasteiger partial charge in [0.2, 0.25) is 0 Å². The van der Waals surface area contributed by atoms with E-state index in [0.29, 0.717) is 16.9 Å². The van der Waals surface area contributed by atoms with Crippen molar-refractivity contribution < 1.29 is 14.0 Å². The third-order valence-electron chi connectivity index (χ3n) is 5.54. The summed E-state index contributed by atoms with van der Waals surface area (Å²) in [4.78, 5) is 27.1. The number of halogens is 1. The van der Waals surface area contributed by atoms with Crippen LogP contribution in [0.4, 0.5) is 15.8 Å². The number of imide groups is 1. The Bertz CT molecular complexity index is 1020. The van der Waals surface area contributed by atoms with E-state index in [1.165, 1.54) is 27.1 Å². The summed E-state index contributed by atoms with van der Waals surface area (Å²) < 4.78 is 14.0. The largest absolute Gasteiger partial charge is 0.271 e. The molecule has 7 heteroatoms. The van der Waals surface area contributed by atoms with Crippen LogP contribution in [0.5, 0.6) is 0 Å². The van der Waals surface area contributed by atoms with Crippen molar-refractivity contribution in [1.29, 1.82) is 0 Å². The molecule has 0 saturated carbocycles. The smallest absolute Gasteiger partial charge is 0.263 e. The second kappa shape index (κ2) is 5.70. The van der Waals surface area contributed by atoms with Crippen LogP contribution < -0.4 is 9.91 Å². The van der Waals surface area contributed by atoms with E-state index in [1.807, 2.05) is 18.2 Å². The summed E-state index contributed by atoms with van der Waals surface area (Å²) in [6.07, 6.45) is 3.08. The topological polar surface area (TPSA) is 65.3 Å². The minimum absolute atomic E-state index is 0.381. The van der Waals surface area contributed by atoms with Crippen molar-refractivity contribution in [2.24, 2.45) is 10.3 Å². The number of carbonyl (C=O) groups excluding carboxylic acids is 2. The first-order chi connectivity index (χ1) is 13.0. The minimum Gasteiger partial charge on any atom is -0.271 e. The first kappa shape index (κ1) is 16.1. The van der Waals surface area contributed by atoms with Crippen molar-refractivity contribution in [1.82, 2.24) is 0 Å². The van der Waals surface area contributed by atoms with Crippen molar-refractivity contribution >= 4 is 23.2 Å². The van der Waals surface area contributed by atoms with Crippen LogP contribution in [0.25, 0.3) is 0 Å². The van der Waals surface area contributed by atoms with Gasteiger partial charge in [0.1, 0.15) is 5.82 Å². The molecule has 0 radical (unpaired) electrons. The highest BCUT2D eigenvalue weighted by Crippen LogP contribution is 2.36. The number of amides is 2. The molecule has 0 unspecified atom stereocenters. The number of aryl methyl sites for hydroxylation is 3. The maximum absolute atomic E-state index is 14.0. The molecule has 1 fully saturated rings. The number of benzene rings is 2. The van der Waals surface area contributed by atoms with E-state index in [9.17, 15) is 14.0 Å². The average Bonchev–Trinajstić information content (AvgIpc) is 3.34. The minimum atomic E-state index is -0.893. The monoisotopic (exact) mass is 364 g/mol. The molecule has 2 aromatic rings. The summed E-state index contributed by atoms with van der Waals surface area (Å²) in [7, 11) is 0. The molecule has 5 rings (SSSR count). The van der Waals surface area contributed by atoms with Gasteiger partial charge in [-0.15, -0.1) is 0 Å². The normalized spacial score (nSPS) is 23.3. The van der Waals surface area contributed by atoms with Crippen LogP contribution >= 0.6 is 0 Å². The number of anilines is 2. The van der Waals surface area contributed by atoms with Gasteiger partial charge in [-0.1, -0.05) is 17.4 Å². The van der Waals surface area contributed by atoms with Crippen molar-refractivity contribution in [3.63, 3.8) is 0 Å². The number of nitrogens with zero attached hydrogens (tertiary/aromatic N) is 4. The Balaban J connectivity index is 1.50. The van der Waals surface area contributed by atoms with Crippen molar-refractivity contribution in [3.8, 4) is 0 Å². The van der Waals surface area contributed by atoms with E-state index >= 15 is 0 Å².